The van der Waals surface area contributed by atoms with Crippen LogP contribution in [0.25, 0.3) is 0 Å². The van der Waals surface area contributed by atoms with E-state index in [1.165, 1.54) is 6.08 Å². The Morgan fingerprint density at radius 3 is 2.33 bits per heavy atom. The molecule has 0 aromatic rings. The molecule has 0 aliphatic carbocycles. The first-order valence-electron chi connectivity index (χ1n) is 2.32. The van der Waals surface area contributed by atoms with Crippen LogP contribution in [0.15, 0.2) is 12.2 Å². The summed E-state index contributed by atoms with van der Waals surface area (Å²) in [7, 11) is -3.80. The maximum absolute atomic E-state index is 10.1. The third-order valence-electron chi connectivity index (χ3n) is 0.599. The van der Waals surface area contributed by atoms with Gasteiger partial charge in [-0.3, -0.25) is 4.57 Å². The molecule has 0 aromatic carbocycles. The zero-order chi connectivity index (χ0) is 7.33. The van der Waals surface area contributed by atoms with Crippen LogP contribution in [-0.2, 0) is 4.57 Å². The summed E-state index contributed by atoms with van der Waals surface area (Å²) >= 11 is 3.08. The first-order valence-corrected chi connectivity index (χ1v) is 5.23. The van der Waals surface area contributed by atoms with E-state index in [2.05, 4.69) is 15.9 Å². The van der Waals surface area contributed by atoms with Gasteiger partial charge in [0.05, 0.1) is 6.16 Å². The van der Waals surface area contributed by atoms with Crippen molar-refractivity contribution in [3.05, 3.63) is 12.2 Å². The SMILES string of the molecule is O=P(O)(O)C/C=C/CBr. The molecule has 2 N–H and O–H groups in total. The lowest BCUT2D eigenvalue weighted by atomic mass is 10.6. The molecule has 3 nitrogen and oxygen atoms in total. The molecule has 0 saturated carbocycles. The van der Waals surface area contributed by atoms with Gasteiger partial charge in [0.1, 0.15) is 0 Å². The first-order chi connectivity index (χ1) is 4.06. The molecule has 0 heterocycles. The van der Waals surface area contributed by atoms with Crippen LogP contribution in [0.4, 0.5) is 0 Å². The molecule has 0 atom stereocenters. The minimum absolute atomic E-state index is 0.168. The van der Waals surface area contributed by atoms with Crippen molar-refractivity contribution in [1.29, 1.82) is 0 Å². The van der Waals surface area contributed by atoms with Crippen LogP contribution in [0.5, 0.6) is 0 Å². The monoisotopic (exact) mass is 214 g/mol. The van der Waals surface area contributed by atoms with E-state index >= 15 is 0 Å². The summed E-state index contributed by atoms with van der Waals surface area (Å²) in [6.45, 7) is 0. The van der Waals surface area contributed by atoms with Crippen LogP contribution in [0.3, 0.4) is 0 Å². The van der Waals surface area contributed by atoms with Crippen molar-refractivity contribution < 1.29 is 14.4 Å². The predicted molar refractivity (Wildman–Crippen MR) is 39.8 cm³/mol. The highest BCUT2D eigenvalue weighted by molar-refractivity contribution is 9.09. The average Bonchev–Trinajstić information content (AvgIpc) is 1.63. The van der Waals surface area contributed by atoms with E-state index in [1.807, 2.05) is 0 Å². The topological polar surface area (TPSA) is 57.5 Å². The molecule has 0 saturated heterocycles. The maximum atomic E-state index is 10.1. The second kappa shape index (κ2) is 4.23. The Bertz CT molecular complexity index is 139. The van der Waals surface area contributed by atoms with E-state index < -0.39 is 7.60 Å². The fraction of sp³-hybridized carbons (Fsp3) is 0.500. The number of hydrogen-bond donors (Lipinski definition) is 2. The first kappa shape index (κ1) is 9.37. The van der Waals surface area contributed by atoms with Crippen LogP contribution >= 0.6 is 23.5 Å². The Balaban J connectivity index is 3.51. The van der Waals surface area contributed by atoms with Crippen LogP contribution in [0.1, 0.15) is 0 Å². The van der Waals surface area contributed by atoms with E-state index in [9.17, 15) is 4.57 Å². The fourth-order valence-corrected chi connectivity index (χ4v) is 0.963. The second-order valence-electron chi connectivity index (χ2n) is 1.47. The van der Waals surface area contributed by atoms with Crippen molar-refractivity contribution in [3.8, 4) is 0 Å². The Hall–Kier alpha value is 0.370. The standard InChI is InChI=1S/C4H8BrO3P/c5-3-1-2-4-9(6,7)8/h1-2H,3-4H2,(H2,6,7,8)/b2-1+. The molecule has 0 spiro atoms. The smallest absolute Gasteiger partial charge is 0.324 e. The van der Waals surface area contributed by atoms with Gasteiger partial charge < -0.3 is 9.79 Å². The van der Waals surface area contributed by atoms with E-state index in [0.29, 0.717) is 5.33 Å². The number of allylic oxidation sites excluding steroid dienone is 2. The van der Waals surface area contributed by atoms with Crippen molar-refractivity contribution in [3.63, 3.8) is 0 Å². The summed E-state index contributed by atoms with van der Waals surface area (Å²) in [4.78, 5) is 16.6. The van der Waals surface area contributed by atoms with Gasteiger partial charge in [-0.15, -0.1) is 0 Å². The lowest BCUT2D eigenvalue weighted by molar-refractivity contribution is 0.377. The van der Waals surface area contributed by atoms with Crippen LogP contribution in [0, 0.1) is 0 Å². The van der Waals surface area contributed by atoms with Crippen LogP contribution in [0.2, 0.25) is 0 Å². The van der Waals surface area contributed by atoms with Gasteiger partial charge in [-0.05, 0) is 0 Å². The second-order valence-corrected chi connectivity index (χ2v) is 3.81. The highest BCUT2D eigenvalue weighted by Crippen LogP contribution is 2.33. The molecular formula is C4H8BrO3P. The Labute approximate surface area is 62.1 Å². The predicted octanol–water partition coefficient (Wildman–Crippen LogP) is 1.12. The molecule has 0 amide bonds. The van der Waals surface area contributed by atoms with Gasteiger partial charge in [0.15, 0.2) is 0 Å². The Kier molecular flexibility index (Phi) is 4.40. The van der Waals surface area contributed by atoms with Gasteiger partial charge in [0.25, 0.3) is 0 Å². The highest BCUT2D eigenvalue weighted by Gasteiger charge is 2.07. The Morgan fingerprint density at radius 2 is 2.00 bits per heavy atom. The van der Waals surface area contributed by atoms with Crippen molar-refractivity contribution in [2.45, 2.75) is 0 Å². The molecule has 0 aliphatic heterocycles. The molecule has 54 valence electrons. The molecule has 9 heavy (non-hydrogen) atoms. The summed E-state index contributed by atoms with van der Waals surface area (Å²) in [6, 6.07) is 0. The third kappa shape index (κ3) is 8.37. The van der Waals surface area contributed by atoms with Gasteiger partial charge in [-0.2, -0.15) is 0 Å². The number of rotatable bonds is 3. The minimum Gasteiger partial charge on any atom is -0.324 e. The zero-order valence-electron chi connectivity index (χ0n) is 4.70. The molecule has 0 aliphatic rings. The number of halogens is 1. The van der Waals surface area contributed by atoms with Crippen molar-refractivity contribution >= 4 is 23.5 Å². The zero-order valence-corrected chi connectivity index (χ0v) is 7.18. The quantitative estimate of drug-likeness (QED) is 0.421. The van der Waals surface area contributed by atoms with Crippen LogP contribution in [-0.4, -0.2) is 21.3 Å². The fourth-order valence-electron chi connectivity index (χ4n) is 0.275. The largest absolute Gasteiger partial charge is 0.329 e. The highest BCUT2D eigenvalue weighted by atomic mass is 79.9. The van der Waals surface area contributed by atoms with Gasteiger partial charge >= 0.3 is 7.60 Å². The summed E-state index contributed by atoms with van der Waals surface area (Å²) in [5, 5.41) is 0.632. The van der Waals surface area contributed by atoms with Gasteiger partial charge in [0.2, 0.25) is 0 Å². The maximum Gasteiger partial charge on any atom is 0.329 e. The van der Waals surface area contributed by atoms with E-state index in [0.717, 1.165) is 0 Å². The molecule has 0 unspecified atom stereocenters. The van der Waals surface area contributed by atoms with Crippen molar-refractivity contribution in [2.24, 2.45) is 0 Å². The summed E-state index contributed by atoms with van der Waals surface area (Å²) in [6.07, 6.45) is 2.94. The van der Waals surface area contributed by atoms with Crippen molar-refractivity contribution in [1.82, 2.24) is 0 Å². The summed E-state index contributed by atoms with van der Waals surface area (Å²) < 4.78 is 10.1. The minimum atomic E-state index is -3.80. The summed E-state index contributed by atoms with van der Waals surface area (Å²) in [5.41, 5.74) is 0. The molecule has 0 fully saturated rings. The van der Waals surface area contributed by atoms with E-state index in [4.69, 9.17) is 9.79 Å². The van der Waals surface area contributed by atoms with E-state index in [-0.39, 0.29) is 6.16 Å². The molecule has 0 bridgehead atoms. The molecule has 5 heteroatoms. The lowest BCUT2D eigenvalue weighted by Gasteiger charge is -1.95. The van der Waals surface area contributed by atoms with Crippen LogP contribution < -0.4 is 0 Å². The van der Waals surface area contributed by atoms with Crippen molar-refractivity contribution in [2.75, 3.05) is 11.5 Å². The molecule has 0 radical (unpaired) electrons. The van der Waals surface area contributed by atoms with E-state index in [1.54, 1.807) is 6.08 Å². The Morgan fingerprint density at radius 1 is 1.44 bits per heavy atom. The summed E-state index contributed by atoms with van der Waals surface area (Å²) in [5.74, 6) is 0. The molecule has 0 aromatic heterocycles. The average molecular weight is 215 g/mol. The number of hydrogen-bond acceptors (Lipinski definition) is 1. The lowest BCUT2D eigenvalue weighted by Crippen LogP contribution is -1.81. The molecule has 0 rings (SSSR count). The third-order valence-corrected chi connectivity index (χ3v) is 1.66. The van der Waals surface area contributed by atoms with Gasteiger partial charge in [-0.1, -0.05) is 28.1 Å². The number of alkyl halides is 1. The van der Waals surface area contributed by atoms with Gasteiger partial charge in [-0.25, -0.2) is 0 Å². The van der Waals surface area contributed by atoms with Gasteiger partial charge in [0, 0.05) is 5.33 Å². The molecular weight excluding hydrogens is 207 g/mol. The normalized spacial score (nSPS) is 12.8.